The van der Waals surface area contributed by atoms with Crippen LogP contribution < -0.4 is 15.8 Å². The number of nitrogens with zero attached hydrogens (tertiary/aromatic N) is 2. The van der Waals surface area contributed by atoms with Crippen LogP contribution in [0.1, 0.15) is 26.3 Å². The first-order valence-electron chi connectivity index (χ1n) is 6.73. The number of nitrogen functional groups attached to an aromatic ring is 1. The quantitative estimate of drug-likeness (QED) is 0.874. The molecule has 0 fully saturated rings. The zero-order chi connectivity index (χ0) is 14.5. The fourth-order valence-corrected chi connectivity index (χ4v) is 1.91. The molecule has 0 saturated carbocycles. The van der Waals surface area contributed by atoms with Crippen LogP contribution in [0.3, 0.4) is 0 Å². The molecular formula is C15H20N4O. The Kier molecular flexibility index (Phi) is 4.40. The number of rotatable bonds is 5. The van der Waals surface area contributed by atoms with Crippen LogP contribution >= 0.6 is 0 Å². The smallest absolute Gasteiger partial charge is 0.139 e. The fraction of sp³-hybridized carbons (Fsp3) is 0.333. The maximum atomic E-state index is 5.85. The molecule has 0 spiro atoms. The van der Waals surface area contributed by atoms with E-state index in [-0.39, 0.29) is 6.10 Å². The molecule has 0 amide bonds. The summed E-state index contributed by atoms with van der Waals surface area (Å²) in [6, 6.07) is 7.77. The zero-order valence-electron chi connectivity index (χ0n) is 12.1. The third-order valence-electron chi connectivity index (χ3n) is 2.82. The lowest BCUT2D eigenvalue weighted by Crippen LogP contribution is -2.06. The molecule has 1 aromatic carbocycles. The van der Waals surface area contributed by atoms with Crippen molar-refractivity contribution in [2.45, 2.75) is 33.3 Å². The van der Waals surface area contributed by atoms with Crippen molar-refractivity contribution in [3.63, 3.8) is 0 Å². The maximum Gasteiger partial charge on any atom is 0.139 e. The molecule has 0 saturated heterocycles. The third kappa shape index (κ3) is 3.38. The molecule has 106 valence electrons. The minimum atomic E-state index is 0.169. The molecule has 1 heterocycles. The summed E-state index contributed by atoms with van der Waals surface area (Å²) in [5.74, 6) is 2.12. The Bertz CT molecular complexity index is 567. The molecule has 0 atom stereocenters. The molecule has 0 unspecified atom stereocenters. The predicted octanol–water partition coefficient (Wildman–Crippen LogP) is 3.15. The zero-order valence-corrected chi connectivity index (χ0v) is 12.1. The second kappa shape index (κ2) is 6.23. The molecular weight excluding hydrogens is 252 g/mol. The lowest BCUT2D eigenvalue weighted by Gasteiger charge is -2.13. The molecule has 2 aromatic rings. The van der Waals surface area contributed by atoms with Crippen LogP contribution in [0.2, 0.25) is 0 Å². The molecule has 0 aliphatic rings. The fourth-order valence-electron chi connectivity index (χ4n) is 1.91. The molecule has 20 heavy (non-hydrogen) atoms. The van der Waals surface area contributed by atoms with Gasteiger partial charge >= 0.3 is 0 Å². The first-order valence-corrected chi connectivity index (χ1v) is 6.73. The van der Waals surface area contributed by atoms with Gasteiger partial charge in [0.25, 0.3) is 0 Å². The van der Waals surface area contributed by atoms with E-state index >= 15 is 0 Å². The van der Waals surface area contributed by atoms with E-state index < -0.39 is 0 Å². The maximum absolute atomic E-state index is 5.85. The van der Waals surface area contributed by atoms with E-state index in [9.17, 15) is 0 Å². The molecule has 1 aromatic heterocycles. The monoisotopic (exact) mass is 272 g/mol. The van der Waals surface area contributed by atoms with E-state index in [1.54, 1.807) is 0 Å². The first-order chi connectivity index (χ1) is 9.60. The highest BCUT2D eigenvalue weighted by Crippen LogP contribution is 2.24. The van der Waals surface area contributed by atoms with Crippen LogP contribution in [-0.2, 0) is 6.42 Å². The summed E-state index contributed by atoms with van der Waals surface area (Å²) in [6.45, 7) is 6.03. The summed E-state index contributed by atoms with van der Waals surface area (Å²) in [7, 11) is 0. The number of aromatic nitrogens is 2. The van der Waals surface area contributed by atoms with Crippen molar-refractivity contribution in [3.8, 4) is 5.75 Å². The number of anilines is 3. The first kappa shape index (κ1) is 14.1. The Labute approximate surface area is 119 Å². The Morgan fingerprint density at radius 2 is 1.90 bits per heavy atom. The Morgan fingerprint density at radius 3 is 2.50 bits per heavy atom. The van der Waals surface area contributed by atoms with Gasteiger partial charge in [-0.05, 0) is 44.5 Å². The number of nitrogens with two attached hydrogens (primary N) is 1. The van der Waals surface area contributed by atoms with Crippen LogP contribution in [0.15, 0.2) is 30.6 Å². The second-order valence-electron chi connectivity index (χ2n) is 4.76. The van der Waals surface area contributed by atoms with Crippen molar-refractivity contribution in [3.05, 3.63) is 36.2 Å². The van der Waals surface area contributed by atoms with Gasteiger partial charge in [-0.2, -0.15) is 0 Å². The van der Waals surface area contributed by atoms with Gasteiger partial charge < -0.3 is 15.8 Å². The van der Waals surface area contributed by atoms with Crippen molar-refractivity contribution >= 4 is 17.3 Å². The summed E-state index contributed by atoms with van der Waals surface area (Å²) in [4.78, 5) is 8.25. The van der Waals surface area contributed by atoms with E-state index in [0.29, 0.717) is 5.82 Å². The standard InChI is InChI=1S/C15H20N4O/c1-4-13-14(16)17-9-18-15(13)19-11-5-7-12(8-6-11)20-10(2)3/h5-10H,4H2,1-3H3,(H3,16,17,18,19). The van der Waals surface area contributed by atoms with E-state index in [2.05, 4.69) is 15.3 Å². The van der Waals surface area contributed by atoms with Crippen molar-refractivity contribution < 1.29 is 4.74 Å². The number of nitrogens with one attached hydrogen (secondary N) is 1. The summed E-state index contributed by atoms with van der Waals surface area (Å²) < 4.78 is 5.61. The highest BCUT2D eigenvalue weighted by Gasteiger charge is 2.07. The molecule has 0 aliphatic carbocycles. The van der Waals surface area contributed by atoms with E-state index in [1.807, 2.05) is 45.0 Å². The van der Waals surface area contributed by atoms with Crippen molar-refractivity contribution in [2.24, 2.45) is 0 Å². The lowest BCUT2D eigenvalue weighted by molar-refractivity contribution is 0.242. The number of benzene rings is 1. The van der Waals surface area contributed by atoms with Crippen molar-refractivity contribution in [1.29, 1.82) is 0 Å². The summed E-state index contributed by atoms with van der Waals surface area (Å²) in [5, 5.41) is 3.26. The van der Waals surface area contributed by atoms with Crippen molar-refractivity contribution in [2.75, 3.05) is 11.1 Å². The van der Waals surface area contributed by atoms with E-state index in [1.165, 1.54) is 6.33 Å². The predicted molar refractivity (Wildman–Crippen MR) is 81.3 cm³/mol. The summed E-state index contributed by atoms with van der Waals surface area (Å²) >= 11 is 0. The number of hydrogen-bond donors (Lipinski definition) is 2. The second-order valence-corrected chi connectivity index (χ2v) is 4.76. The van der Waals surface area contributed by atoms with Gasteiger partial charge in [0.1, 0.15) is 23.7 Å². The van der Waals surface area contributed by atoms with Gasteiger partial charge in [-0.3, -0.25) is 0 Å². The molecule has 0 aliphatic heterocycles. The highest BCUT2D eigenvalue weighted by atomic mass is 16.5. The molecule has 2 rings (SSSR count). The van der Waals surface area contributed by atoms with Crippen LogP contribution in [0.5, 0.6) is 5.75 Å². The summed E-state index contributed by atoms with van der Waals surface area (Å²) in [6.07, 6.45) is 2.42. The van der Waals surface area contributed by atoms with E-state index in [0.717, 1.165) is 29.2 Å². The largest absolute Gasteiger partial charge is 0.491 e. The van der Waals surface area contributed by atoms with Gasteiger partial charge in [-0.1, -0.05) is 6.92 Å². The minimum Gasteiger partial charge on any atom is -0.491 e. The Morgan fingerprint density at radius 1 is 1.20 bits per heavy atom. The van der Waals surface area contributed by atoms with Crippen LogP contribution in [0.25, 0.3) is 0 Å². The van der Waals surface area contributed by atoms with Gasteiger partial charge in [0, 0.05) is 11.3 Å². The highest BCUT2D eigenvalue weighted by molar-refractivity contribution is 5.64. The number of hydrogen-bond acceptors (Lipinski definition) is 5. The van der Waals surface area contributed by atoms with Gasteiger partial charge in [-0.15, -0.1) is 0 Å². The van der Waals surface area contributed by atoms with Crippen molar-refractivity contribution in [1.82, 2.24) is 9.97 Å². The minimum absolute atomic E-state index is 0.169. The molecule has 0 radical (unpaired) electrons. The van der Waals surface area contributed by atoms with Crippen LogP contribution in [-0.4, -0.2) is 16.1 Å². The molecule has 0 bridgehead atoms. The Hall–Kier alpha value is -2.30. The van der Waals surface area contributed by atoms with Gasteiger partial charge in [0.15, 0.2) is 0 Å². The average Bonchev–Trinajstić information content (AvgIpc) is 2.41. The Balaban J connectivity index is 2.16. The summed E-state index contributed by atoms with van der Waals surface area (Å²) in [5.41, 5.74) is 7.72. The normalized spacial score (nSPS) is 10.6. The molecule has 5 nitrogen and oxygen atoms in total. The van der Waals surface area contributed by atoms with Gasteiger partial charge in [0.05, 0.1) is 6.10 Å². The van der Waals surface area contributed by atoms with Gasteiger partial charge in [0.2, 0.25) is 0 Å². The van der Waals surface area contributed by atoms with Crippen LogP contribution in [0.4, 0.5) is 17.3 Å². The third-order valence-corrected chi connectivity index (χ3v) is 2.82. The van der Waals surface area contributed by atoms with Crippen LogP contribution in [0, 0.1) is 0 Å². The number of ether oxygens (including phenoxy) is 1. The van der Waals surface area contributed by atoms with E-state index in [4.69, 9.17) is 10.5 Å². The molecule has 3 N–H and O–H groups in total. The topological polar surface area (TPSA) is 73.1 Å². The SMILES string of the molecule is CCc1c(N)ncnc1Nc1ccc(OC(C)C)cc1. The average molecular weight is 272 g/mol. The lowest BCUT2D eigenvalue weighted by atomic mass is 10.2. The molecule has 5 heteroatoms. The van der Waals surface area contributed by atoms with Gasteiger partial charge in [-0.25, -0.2) is 9.97 Å².